The molecule has 0 aliphatic carbocycles. The maximum Gasteiger partial charge on any atom is 0.271 e. The van der Waals surface area contributed by atoms with E-state index >= 15 is 0 Å². The lowest BCUT2D eigenvalue weighted by molar-refractivity contribution is 0.0957. The summed E-state index contributed by atoms with van der Waals surface area (Å²) in [6, 6.07) is 3.46. The van der Waals surface area contributed by atoms with Gasteiger partial charge >= 0.3 is 0 Å². The second-order valence-corrected chi connectivity index (χ2v) is 4.48. The Balaban J connectivity index is 1.84. The van der Waals surface area contributed by atoms with Crippen molar-refractivity contribution in [3.8, 4) is 0 Å². The van der Waals surface area contributed by atoms with E-state index in [0.29, 0.717) is 17.4 Å². The van der Waals surface area contributed by atoms with Crippen molar-refractivity contribution in [2.45, 2.75) is 12.8 Å². The number of nitrogens with zero attached hydrogens (tertiary/aromatic N) is 2. The van der Waals surface area contributed by atoms with Gasteiger partial charge in [0, 0.05) is 13.6 Å². The molecule has 1 unspecified atom stereocenters. The third-order valence-corrected chi connectivity index (χ3v) is 3.10. The zero-order chi connectivity index (χ0) is 12.8. The number of carbonyl (C=O) groups excluding carboxylic acids is 1. The van der Waals surface area contributed by atoms with Gasteiger partial charge in [0.1, 0.15) is 5.82 Å². The van der Waals surface area contributed by atoms with Crippen LogP contribution < -0.4 is 16.0 Å². The molecule has 1 atom stereocenters. The van der Waals surface area contributed by atoms with Gasteiger partial charge in [0.05, 0.1) is 0 Å². The van der Waals surface area contributed by atoms with E-state index in [1.165, 1.54) is 12.8 Å². The molecule has 18 heavy (non-hydrogen) atoms. The molecule has 0 spiro atoms. The van der Waals surface area contributed by atoms with Crippen LogP contribution in [0.1, 0.15) is 23.3 Å². The van der Waals surface area contributed by atoms with E-state index in [1.54, 1.807) is 19.2 Å². The van der Waals surface area contributed by atoms with Crippen LogP contribution in [0.3, 0.4) is 0 Å². The van der Waals surface area contributed by atoms with Crippen molar-refractivity contribution in [3.63, 3.8) is 0 Å². The first-order valence-electron chi connectivity index (χ1n) is 6.30. The van der Waals surface area contributed by atoms with Gasteiger partial charge in [-0.2, -0.15) is 0 Å². The predicted molar refractivity (Wildman–Crippen MR) is 69.5 cm³/mol. The molecule has 2 heterocycles. The standard InChI is InChI=1S/C12H19N5O/c1-13-12(18)10-4-5-11(17-16-10)15-8-9-3-2-6-14-7-9/h4-5,9,14H,2-3,6-8H2,1H3,(H,13,18)(H,15,17). The Morgan fingerprint density at radius 3 is 3.00 bits per heavy atom. The summed E-state index contributed by atoms with van der Waals surface area (Å²) in [5, 5.41) is 17.0. The SMILES string of the molecule is CNC(=O)c1ccc(NCC2CCCNC2)nn1. The first-order chi connectivity index (χ1) is 8.79. The number of hydrogen-bond acceptors (Lipinski definition) is 5. The van der Waals surface area contributed by atoms with E-state index in [1.807, 2.05) is 0 Å². The second-order valence-electron chi connectivity index (χ2n) is 4.48. The highest BCUT2D eigenvalue weighted by molar-refractivity contribution is 5.91. The Kier molecular flexibility index (Phi) is 4.46. The maximum atomic E-state index is 11.3. The third kappa shape index (κ3) is 3.40. The van der Waals surface area contributed by atoms with Gasteiger partial charge in [-0.15, -0.1) is 10.2 Å². The molecule has 6 nitrogen and oxygen atoms in total. The van der Waals surface area contributed by atoms with Gasteiger partial charge in [0.25, 0.3) is 5.91 Å². The molecule has 0 radical (unpaired) electrons. The van der Waals surface area contributed by atoms with Crippen molar-refractivity contribution in [2.75, 3.05) is 32.0 Å². The first kappa shape index (κ1) is 12.8. The highest BCUT2D eigenvalue weighted by Crippen LogP contribution is 2.11. The molecule has 1 fully saturated rings. The highest BCUT2D eigenvalue weighted by atomic mass is 16.1. The molecule has 1 aliphatic rings. The van der Waals surface area contributed by atoms with Gasteiger partial charge in [-0.3, -0.25) is 4.79 Å². The fraction of sp³-hybridized carbons (Fsp3) is 0.583. The molecule has 0 bridgehead atoms. The van der Waals surface area contributed by atoms with Crippen LogP contribution in [-0.4, -0.2) is 42.8 Å². The van der Waals surface area contributed by atoms with Crippen molar-refractivity contribution in [1.82, 2.24) is 20.8 Å². The molecule has 98 valence electrons. The lowest BCUT2D eigenvalue weighted by atomic mass is 10.00. The van der Waals surface area contributed by atoms with Gasteiger partial charge < -0.3 is 16.0 Å². The van der Waals surface area contributed by atoms with E-state index in [2.05, 4.69) is 26.1 Å². The van der Waals surface area contributed by atoms with E-state index in [0.717, 1.165) is 19.6 Å². The monoisotopic (exact) mass is 249 g/mol. The van der Waals surface area contributed by atoms with E-state index in [9.17, 15) is 4.79 Å². The molecule has 0 aromatic carbocycles. The minimum atomic E-state index is -0.217. The average Bonchev–Trinajstić information content (AvgIpc) is 2.46. The van der Waals surface area contributed by atoms with Crippen LogP contribution in [0.15, 0.2) is 12.1 Å². The summed E-state index contributed by atoms with van der Waals surface area (Å²) in [5.41, 5.74) is 0.336. The fourth-order valence-electron chi connectivity index (χ4n) is 2.02. The van der Waals surface area contributed by atoms with E-state index < -0.39 is 0 Å². The quantitative estimate of drug-likeness (QED) is 0.713. The maximum absolute atomic E-state index is 11.3. The van der Waals surface area contributed by atoms with Crippen LogP contribution in [0.4, 0.5) is 5.82 Å². The summed E-state index contributed by atoms with van der Waals surface area (Å²) in [6.45, 7) is 3.06. The van der Waals surface area contributed by atoms with Crippen molar-refractivity contribution in [2.24, 2.45) is 5.92 Å². The number of hydrogen-bond donors (Lipinski definition) is 3. The van der Waals surface area contributed by atoms with Crippen molar-refractivity contribution < 1.29 is 4.79 Å². The topological polar surface area (TPSA) is 78.9 Å². The van der Waals surface area contributed by atoms with Crippen molar-refractivity contribution in [1.29, 1.82) is 0 Å². The summed E-state index contributed by atoms with van der Waals surface area (Å²) < 4.78 is 0. The van der Waals surface area contributed by atoms with Crippen LogP contribution in [0.2, 0.25) is 0 Å². The normalized spacial score (nSPS) is 19.3. The molecule has 3 N–H and O–H groups in total. The third-order valence-electron chi connectivity index (χ3n) is 3.10. The molecular weight excluding hydrogens is 230 g/mol. The Labute approximate surface area is 107 Å². The number of aromatic nitrogens is 2. The van der Waals surface area contributed by atoms with Gasteiger partial charge in [-0.25, -0.2) is 0 Å². The average molecular weight is 249 g/mol. The van der Waals surface area contributed by atoms with E-state index in [4.69, 9.17) is 0 Å². The largest absolute Gasteiger partial charge is 0.368 e. The number of carbonyl (C=O) groups is 1. The second kappa shape index (κ2) is 6.30. The minimum Gasteiger partial charge on any atom is -0.368 e. The summed E-state index contributed by atoms with van der Waals surface area (Å²) in [4.78, 5) is 11.3. The van der Waals surface area contributed by atoms with Crippen LogP contribution in [-0.2, 0) is 0 Å². The predicted octanol–water partition coefficient (Wildman–Crippen LogP) is 0.248. The molecule has 1 saturated heterocycles. The Morgan fingerprint density at radius 1 is 1.50 bits per heavy atom. The molecule has 1 aromatic rings. The number of rotatable bonds is 4. The lowest BCUT2D eigenvalue weighted by Crippen LogP contribution is -2.33. The lowest BCUT2D eigenvalue weighted by Gasteiger charge is -2.22. The summed E-state index contributed by atoms with van der Waals surface area (Å²) >= 11 is 0. The van der Waals surface area contributed by atoms with Crippen LogP contribution >= 0.6 is 0 Å². The Morgan fingerprint density at radius 2 is 2.39 bits per heavy atom. The van der Waals surface area contributed by atoms with Gasteiger partial charge in [0.2, 0.25) is 0 Å². The molecule has 6 heteroatoms. The Hall–Kier alpha value is -1.69. The number of nitrogens with one attached hydrogen (secondary N) is 3. The summed E-state index contributed by atoms with van der Waals surface area (Å²) in [5.74, 6) is 1.14. The van der Waals surface area contributed by atoms with Gasteiger partial charge in [-0.05, 0) is 44.0 Å². The zero-order valence-electron chi connectivity index (χ0n) is 10.6. The molecule has 2 rings (SSSR count). The van der Waals surface area contributed by atoms with Gasteiger partial charge in [-0.1, -0.05) is 0 Å². The van der Waals surface area contributed by atoms with Crippen molar-refractivity contribution >= 4 is 11.7 Å². The summed E-state index contributed by atoms with van der Waals surface area (Å²) in [6.07, 6.45) is 2.47. The minimum absolute atomic E-state index is 0.217. The number of piperidine rings is 1. The molecule has 1 aliphatic heterocycles. The Bertz CT molecular complexity index is 386. The molecule has 1 aromatic heterocycles. The van der Waals surface area contributed by atoms with Gasteiger partial charge in [0.15, 0.2) is 5.69 Å². The van der Waals surface area contributed by atoms with Crippen LogP contribution in [0.5, 0.6) is 0 Å². The summed E-state index contributed by atoms with van der Waals surface area (Å²) in [7, 11) is 1.58. The highest BCUT2D eigenvalue weighted by Gasteiger charge is 2.12. The smallest absolute Gasteiger partial charge is 0.271 e. The van der Waals surface area contributed by atoms with Crippen molar-refractivity contribution in [3.05, 3.63) is 17.8 Å². The number of anilines is 1. The van der Waals surface area contributed by atoms with E-state index in [-0.39, 0.29) is 5.91 Å². The number of amides is 1. The molecule has 0 saturated carbocycles. The fourth-order valence-corrected chi connectivity index (χ4v) is 2.02. The molecule has 1 amide bonds. The zero-order valence-corrected chi connectivity index (χ0v) is 10.6. The van der Waals surface area contributed by atoms with Crippen LogP contribution in [0, 0.1) is 5.92 Å². The molecular formula is C12H19N5O. The van der Waals surface area contributed by atoms with Crippen LogP contribution in [0.25, 0.3) is 0 Å². The first-order valence-corrected chi connectivity index (χ1v) is 6.30.